The number of nitrogens with zero attached hydrogens (tertiary/aromatic N) is 4. The maximum atomic E-state index is 11.9. The van der Waals surface area contributed by atoms with E-state index in [0.717, 1.165) is 58.5 Å². The Labute approximate surface area is 182 Å². The van der Waals surface area contributed by atoms with Crippen LogP contribution in [0.4, 0.5) is 0 Å². The summed E-state index contributed by atoms with van der Waals surface area (Å²) >= 11 is 0. The van der Waals surface area contributed by atoms with Crippen LogP contribution in [0, 0.1) is 0 Å². The van der Waals surface area contributed by atoms with Gasteiger partial charge < -0.3 is 4.98 Å². The zero-order valence-corrected chi connectivity index (χ0v) is 19.0. The molecule has 1 N–H and O–H groups in total. The number of pyridine rings is 2. The smallest absolute Gasteiger partial charge is 0.248 e. The molecule has 0 spiro atoms. The highest BCUT2D eigenvalue weighted by Crippen LogP contribution is 2.31. The minimum Gasteiger partial charge on any atom is -0.322 e. The van der Waals surface area contributed by atoms with Crippen molar-refractivity contribution in [3.05, 3.63) is 69.8 Å². The molecule has 0 aromatic carbocycles. The van der Waals surface area contributed by atoms with Gasteiger partial charge in [-0.1, -0.05) is 34.6 Å². The predicted octanol–water partition coefficient (Wildman–Crippen LogP) is 5.34. The number of hydrogen-bond donors (Lipinski definition) is 1. The number of nitrogens with one attached hydrogen (secondary N) is 1. The Morgan fingerprint density at radius 3 is 2.52 bits per heavy atom. The Balaban J connectivity index is 1.59. The first kappa shape index (κ1) is 21.2. The fourth-order valence-electron chi connectivity index (χ4n) is 4.22. The van der Waals surface area contributed by atoms with Crippen LogP contribution in [0.15, 0.2) is 41.5 Å². The van der Waals surface area contributed by atoms with Gasteiger partial charge in [0.1, 0.15) is 0 Å². The number of rotatable bonds is 7. The molecule has 0 aliphatic carbocycles. The standard InChI is InChI=1S/C25H31N5O/c1-6-18-14-30-22(11-12-26-30)25(27-18)17(5)8-7-16(4)20-13-21-19(9-10-23(31)28-21)24(29-20)15(2)3/h9-17H,6-8H2,1-5H3,(H,28,31). The van der Waals surface area contributed by atoms with Crippen LogP contribution in [0.25, 0.3) is 16.4 Å². The van der Waals surface area contributed by atoms with Gasteiger partial charge in [-0.3, -0.25) is 14.8 Å². The van der Waals surface area contributed by atoms with E-state index >= 15 is 0 Å². The average Bonchev–Trinajstić information content (AvgIpc) is 3.23. The average molecular weight is 418 g/mol. The minimum atomic E-state index is -0.0765. The van der Waals surface area contributed by atoms with E-state index < -0.39 is 0 Å². The third-order valence-electron chi connectivity index (χ3n) is 6.15. The van der Waals surface area contributed by atoms with Crippen molar-refractivity contribution in [1.29, 1.82) is 0 Å². The van der Waals surface area contributed by atoms with Crippen LogP contribution in [0.1, 0.15) is 88.0 Å². The lowest BCUT2D eigenvalue weighted by Gasteiger charge is -2.19. The van der Waals surface area contributed by atoms with Crippen molar-refractivity contribution in [3.63, 3.8) is 0 Å². The fourth-order valence-corrected chi connectivity index (χ4v) is 4.22. The molecule has 2 unspecified atom stereocenters. The van der Waals surface area contributed by atoms with Gasteiger partial charge in [-0.05, 0) is 49.3 Å². The van der Waals surface area contributed by atoms with Crippen molar-refractivity contribution in [2.24, 2.45) is 0 Å². The lowest BCUT2D eigenvalue weighted by molar-refractivity contribution is 0.555. The Hall–Kier alpha value is -3.02. The Morgan fingerprint density at radius 1 is 1.00 bits per heavy atom. The summed E-state index contributed by atoms with van der Waals surface area (Å²) in [6.07, 6.45) is 6.74. The van der Waals surface area contributed by atoms with E-state index in [4.69, 9.17) is 9.97 Å². The van der Waals surface area contributed by atoms with Crippen LogP contribution in [0.3, 0.4) is 0 Å². The summed E-state index contributed by atoms with van der Waals surface area (Å²) in [6.45, 7) is 10.9. The van der Waals surface area contributed by atoms with Gasteiger partial charge >= 0.3 is 0 Å². The van der Waals surface area contributed by atoms with E-state index in [9.17, 15) is 4.79 Å². The molecule has 4 rings (SSSR count). The number of H-pyrrole nitrogens is 1. The molecule has 6 nitrogen and oxygen atoms in total. The van der Waals surface area contributed by atoms with Crippen LogP contribution in [0.5, 0.6) is 0 Å². The summed E-state index contributed by atoms with van der Waals surface area (Å²) in [7, 11) is 0. The van der Waals surface area contributed by atoms with Crippen molar-refractivity contribution in [3.8, 4) is 0 Å². The van der Waals surface area contributed by atoms with Gasteiger partial charge in [-0.25, -0.2) is 4.52 Å². The van der Waals surface area contributed by atoms with Gasteiger partial charge in [0, 0.05) is 23.1 Å². The van der Waals surface area contributed by atoms with Gasteiger partial charge in [0.2, 0.25) is 5.56 Å². The zero-order valence-electron chi connectivity index (χ0n) is 19.0. The van der Waals surface area contributed by atoms with E-state index in [2.05, 4.69) is 44.7 Å². The minimum absolute atomic E-state index is 0.0765. The molecule has 4 aromatic rings. The number of aromatic nitrogens is 5. The monoisotopic (exact) mass is 417 g/mol. The molecule has 4 aromatic heterocycles. The molecule has 4 heterocycles. The number of aryl methyl sites for hydroxylation is 1. The van der Waals surface area contributed by atoms with Crippen molar-refractivity contribution >= 4 is 16.4 Å². The maximum absolute atomic E-state index is 11.9. The fraction of sp³-hybridized carbons (Fsp3) is 0.440. The summed E-state index contributed by atoms with van der Waals surface area (Å²) in [4.78, 5) is 24.8. The van der Waals surface area contributed by atoms with E-state index in [0.29, 0.717) is 5.92 Å². The van der Waals surface area contributed by atoms with E-state index in [-0.39, 0.29) is 17.4 Å². The van der Waals surface area contributed by atoms with Crippen LogP contribution < -0.4 is 5.56 Å². The van der Waals surface area contributed by atoms with Crippen LogP contribution in [-0.2, 0) is 6.42 Å². The first-order valence-corrected chi connectivity index (χ1v) is 11.2. The van der Waals surface area contributed by atoms with E-state index in [1.807, 2.05) is 35.1 Å². The first-order valence-electron chi connectivity index (χ1n) is 11.2. The molecule has 2 atom stereocenters. The molecular weight excluding hydrogens is 386 g/mol. The molecule has 0 saturated heterocycles. The van der Waals surface area contributed by atoms with Gasteiger partial charge in [0.25, 0.3) is 0 Å². The van der Waals surface area contributed by atoms with E-state index in [1.165, 1.54) is 0 Å². The van der Waals surface area contributed by atoms with Gasteiger partial charge in [0.05, 0.1) is 40.5 Å². The third-order valence-corrected chi connectivity index (χ3v) is 6.15. The molecule has 0 aliphatic heterocycles. The second kappa shape index (κ2) is 8.61. The molecule has 6 heteroatoms. The molecule has 0 bridgehead atoms. The molecule has 0 amide bonds. The number of fused-ring (bicyclic) bond motifs is 2. The molecular formula is C25H31N5O. The number of aromatic amines is 1. The Bertz CT molecular complexity index is 1270. The van der Waals surface area contributed by atoms with E-state index in [1.54, 1.807) is 6.07 Å². The summed E-state index contributed by atoms with van der Waals surface area (Å²) in [5.41, 5.74) is 6.14. The molecule has 0 fully saturated rings. The largest absolute Gasteiger partial charge is 0.322 e. The zero-order chi connectivity index (χ0) is 22.1. The normalized spacial score (nSPS) is 13.9. The highest BCUT2D eigenvalue weighted by atomic mass is 16.1. The summed E-state index contributed by atoms with van der Waals surface area (Å²) in [5, 5.41) is 5.44. The van der Waals surface area contributed by atoms with Crippen molar-refractivity contribution in [2.75, 3.05) is 0 Å². The molecule has 0 saturated carbocycles. The SMILES string of the molecule is CCc1cn2nccc2c(C(C)CCC(C)c2cc3[nH]c(=O)ccc3c(C(C)C)n2)n1. The van der Waals surface area contributed by atoms with Crippen LogP contribution in [0.2, 0.25) is 0 Å². The Morgan fingerprint density at radius 2 is 1.77 bits per heavy atom. The molecule has 162 valence electrons. The second-order valence-corrected chi connectivity index (χ2v) is 8.88. The van der Waals surface area contributed by atoms with Crippen LogP contribution in [-0.4, -0.2) is 24.6 Å². The van der Waals surface area contributed by atoms with Gasteiger partial charge in [-0.15, -0.1) is 0 Å². The number of hydrogen-bond acceptors (Lipinski definition) is 4. The van der Waals surface area contributed by atoms with Crippen molar-refractivity contribution in [1.82, 2.24) is 24.6 Å². The van der Waals surface area contributed by atoms with Gasteiger partial charge in [0.15, 0.2) is 0 Å². The molecule has 0 aliphatic rings. The summed E-state index contributed by atoms with van der Waals surface area (Å²) in [6, 6.07) is 7.55. The van der Waals surface area contributed by atoms with Crippen molar-refractivity contribution < 1.29 is 0 Å². The third kappa shape index (κ3) is 4.24. The maximum Gasteiger partial charge on any atom is 0.248 e. The topological polar surface area (TPSA) is 75.9 Å². The summed E-state index contributed by atoms with van der Waals surface area (Å²) in [5.74, 6) is 0.886. The summed E-state index contributed by atoms with van der Waals surface area (Å²) < 4.78 is 1.94. The quantitative estimate of drug-likeness (QED) is 0.440. The van der Waals surface area contributed by atoms with Crippen molar-refractivity contribution in [2.45, 2.75) is 71.6 Å². The second-order valence-electron chi connectivity index (χ2n) is 8.88. The highest BCUT2D eigenvalue weighted by molar-refractivity contribution is 5.81. The molecule has 31 heavy (non-hydrogen) atoms. The predicted molar refractivity (Wildman–Crippen MR) is 125 cm³/mol. The Kier molecular flexibility index (Phi) is 5.90. The lowest BCUT2D eigenvalue weighted by atomic mass is 9.92. The van der Waals surface area contributed by atoms with Crippen LogP contribution >= 0.6 is 0 Å². The highest BCUT2D eigenvalue weighted by Gasteiger charge is 2.18. The first-order chi connectivity index (χ1) is 14.9. The van der Waals surface area contributed by atoms with Gasteiger partial charge in [-0.2, -0.15) is 5.10 Å². The lowest BCUT2D eigenvalue weighted by Crippen LogP contribution is -2.09. The molecule has 0 radical (unpaired) electrons.